The minimum absolute atomic E-state index is 0.0172. The number of halogens is 1. The molecule has 102 valence electrons. The highest BCUT2D eigenvalue weighted by Crippen LogP contribution is 2.26. The van der Waals surface area contributed by atoms with Crippen molar-refractivity contribution in [3.63, 3.8) is 0 Å². The van der Waals surface area contributed by atoms with Crippen LogP contribution in [0.25, 0.3) is 0 Å². The molecular formula is C15H13BrN2O2. The number of rotatable bonds is 3. The first-order chi connectivity index (χ1) is 9.74. The van der Waals surface area contributed by atoms with Gasteiger partial charge in [-0.05, 0) is 42.8 Å². The van der Waals surface area contributed by atoms with Crippen LogP contribution in [0.3, 0.4) is 0 Å². The summed E-state index contributed by atoms with van der Waals surface area (Å²) < 4.78 is 6.70. The predicted octanol–water partition coefficient (Wildman–Crippen LogP) is 3.48. The van der Waals surface area contributed by atoms with E-state index in [1.165, 1.54) is 0 Å². The van der Waals surface area contributed by atoms with Crippen LogP contribution in [0.5, 0.6) is 11.6 Å². The number of benzene rings is 1. The van der Waals surface area contributed by atoms with E-state index in [1.807, 2.05) is 24.3 Å². The molecule has 20 heavy (non-hydrogen) atoms. The van der Waals surface area contributed by atoms with Crippen molar-refractivity contribution >= 4 is 21.8 Å². The maximum Gasteiger partial charge on any atom is 0.259 e. The number of aromatic nitrogens is 1. The number of amides is 1. The van der Waals surface area contributed by atoms with E-state index in [2.05, 4.69) is 20.9 Å². The fourth-order valence-corrected chi connectivity index (χ4v) is 2.20. The molecule has 0 bridgehead atoms. The third kappa shape index (κ3) is 2.67. The van der Waals surface area contributed by atoms with Crippen LogP contribution in [0.2, 0.25) is 0 Å². The molecule has 1 amide bonds. The van der Waals surface area contributed by atoms with Crippen LogP contribution in [0.1, 0.15) is 16.8 Å². The largest absolute Gasteiger partial charge is 0.438 e. The summed E-state index contributed by atoms with van der Waals surface area (Å²) in [6.45, 7) is 1.62. The first-order valence-corrected chi connectivity index (χ1v) is 7.21. The second-order valence-electron chi connectivity index (χ2n) is 4.56. The van der Waals surface area contributed by atoms with E-state index in [0.717, 1.165) is 24.0 Å². The minimum atomic E-state index is -0.0172. The number of pyridine rings is 1. The molecule has 0 N–H and O–H groups in total. The van der Waals surface area contributed by atoms with Gasteiger partial charge in [0.2, 0.25) is 5.88 Å². The van der Waals surface area contributed by atoms with Crippen molar-refractivity contribution in [3.05, 3.63) is 52.6 Å². The van der Waals surface area contributed by atoms with E-state index >= 15 is 0 Å². The van der Waals surface area contributed by atoms with Gasteiger partial charge in [-0.3, -0.25) is 4.79 Å². The van der Waals surface area contributed by atoms with Crippen molar-refractivity contribution in [2.45, 2.75) is 6.42 Å². The summed E-state index contributed by atoms with van der Waals surface area (Å²) in [6, 6.07) is 10.9. The summed E-state index contributed by atoms with van der Waals surface area (Å²) >= 11 is 3.37. The fraction of sp³-hybridized carbons (Fsp3) is 0.200. The van der Waals surface area contributed by atoms with Gasteiger partial charge in [-0.15, -0.1) is 0 Å². The van der Waals surface area contributed by atoms with E-state index in [-0.39, 0.29) is 5.91 Å². The normalized spacial score (nSPS) is 13.8. The Hall–Kier alpha value is -1.88. The molecule has 1 aromatic carbocycles. The zero-order valence-electron chi connectivity index (χ0n) is 10.8. The fourth-order valence-electron chi connectivity index (χ4n) is 1.94. The molecule has 2 aromatic rings. The highest BCUT2D eigenvalue weighted by Gasteiger charge is 2.24. The summed E-state index contributed by atoms with van der Waals surface area (Å²) in [6.07, 6.45) is 2.69. The first kappa shape index (κ1) is 13.1. The van der Waals surface area contributed by atoms with Crippen LogP contribution < -0.4 is 4.74 Å². The lowest BCUT2D eigenvalue weighted by Gasteiger charge is -2.31. The number of likely N-dealkylation sites (tertiary alicyclic amines) is 1. The summed E-state index contributed by atoms with van der Waals surface area (Å²) in [5, 5.41) is 0. The van der Waals surface area contributed by atoms with Crippen molar-refractivity contribution in [2.75, 3.05) is 13.1 Å². The highest BCUT2D eigenvalue weighted by molar-refractivity contribution is 9.10. The Morgan fingerprint density at radius 1 is 1.20 bits per heavy atom. The van der Waals surface area contributed by atoms with Gasteiger partial charge in [-0.25, -0.2) is 4.98 Å². The van der Waals surface area contributed by atoms with Gasteiger partial charge in [0.05, 0.1) is 0 Å². The SMILES string of the molecule is O=C(c1cccnc1Oc1ccc(Br)cc1)N1CCC1. The van der Waals surface area contributed by atoms with Crippen molar-refractivity contribution in [2.24, 2.45) is 0 Å². The zero-order chi connectivity index (χ0) is 13.9. The van der Waals surface area contributed by atoms with Gasteiger partial charge >= 0.3 is 0 Å². The van der Waals surface area contributed by atoms with Crippen LogP contribution in [0.15, 0.2) is 47.1 Å². The number of hydrogen-bond donors (Lipinski definition) is 0. The lowest BCUT2D eigenvalue weighted by molar-refractivity contribution is 0.0648. The maximum absolute atomic E-state index is 12.3. The molecular weight excluding hydrogens is 320 g/mol. The van der Waals surface area contributed by atoms with Crippen LogP contribution in [-0.4, -0.2) is 28.9 Å². The molecule has 1 aliphatic heterocycles. The van der Waals surface area contributed by atoms with E-state index in [1.54, 1.807) is 23.2 Å². The molecule has 0 atom stereocenters. The van der Waals surface area contributed by atoms with E-state index in [0.29, 0.717) is 17.2 Å². The molecule has 1 saturated heterocycles. The Kier molecular flexibility index (Phi) is 3.69. The molecule has 0 saturated carbocycles. The molecule has 3 rings (SSSR count). The summed E-state index contributed by atoms with van der Waals surface area (Å²) in [7, 11) is 0. The van der Waals surface area contributed by atoms with Crippen molar-refractivity contribution < 1.29 is 9.53 Å². The Labute approximate surface area is 125 Å². The van der Waals surface area contributed by atoms with Gasteiger partial charge in [0.25, 0.3) is 5.91 Å². The van der Waals surface area contributed by atoms with E-state index in [9.17, 15) is 4.79 Å². The van der Waals surface area contributed by atoms with Gasteiger partial charge in [-0.2, -0.15) is 0 Å². The maximum atomic E-state index is 12.3. The van der Waals surface area contributed by atoms with Crippen LogP contribution in [0, 0.1) is 0 Å². The van der Waals surface area contributed by atoms with Crippen molar-refractivity contribution in [3.8, 4) is 11.6 Å². The minimum Gasteiger partial charge on any atom is -0.438 e. The first-order valence-electron chi connectivity index (χ1n) is 6.42. The quantitative estimate of drug-likeness (QED) is 0.864. The Morgan fingerprint density at radius 2 is 1.95 bits per heavy atom. The van der Waals surface area contributed by atoms with Gasteiger partial charge in [0.1, 0.15) is 11.3 Å². The van der Waals surface area contributed by atoms with Crippen LogP contribution in [-0.2, 0) is 0 Å². The van der Waals surface area contributed by atoms with Crippen LogP contribution >= 0.6 is 15.9 Å². The van der Waals surface area contributed by atoms with E-state index in [4.69, 9.17) is 4.74 Å². The monoisotopic (exact) mass is 332 g/mol. The lowest BCUT2D eigenvalue weighted by Crippen LogP contribution is -2.42. The highest BCUT2D eigenvalue weighted by atomic mass is 79.9. The molecule has 2 heterocycles. The average molecular weight is 333 g/mol. The molecule has 0 aliphatic carbocycles. The summed E-state index contributed by atoms with van der Waals surface area (Å²) in [5.41, 5.74) is 0.509. The predicted molar refractivity (Wildman–Crippen MR) is 79.0 cm³/mol. The molecule has 4 nitrogen and oxygen atoms in total. The van der Waals surface area contributed by atoms with E-state index < -0.39 is 0 Å². The summed E-state index contributed by atoms with van der Waals surface area (Å²) in [5.74, 6) is 0.993. The molecule has 0 unspecified atom stereocenters. The van der Waals surface area contributed by atoms with Gasteiger partial charge in [-0.1, -0.05) is 15.9 Å². The summed E-state index contributed by atoms with van der Waals surface area (Å²) in [4.78, 5) is 18.3. The van der Waals surface area contributed by atoms with Crippen LogP contribution in [0.4, 0.5) is 0 Å². The smallest absolute Gasteiger partial charge is 0.259 e. The number of ether oxygens (including phenoxy) is 1. The van der Waals surface area contributed by atoms with Gasteiger partial charge in [0, 0.05) is 23.8 Å². The molecule has 1 aliphatic rings. The average Bonchev–Trinajstić information content (AvgIpc) is 2.40. The molecule has 1 aromatic heterocycles. The third-order valence-electron chi connectivity index (χ3n) is 3.17. The van der Waals surface area contributed by atoms with Gasteiger partial charge in [0.15, 0.2) is 0 Å². The number of nitrogens with zero attached hydrogens (tertiary/aromatic N) is 2. The molecule has 0 spiro atoms. The molecule has 0 radical (unpaired) electrons. The molecule has 1 fully saturated rings. The van der Waals surface area contributed by atoms with Crippen molar-refractivity contribution in [1.29, 1.82) is 0 Å². The standard InChI is InChI=1S/C15H13BrN2O2/c16-11-4-6-12(7-5-11)20-14-13(3-1-8-17-14)15(19)18-9-2-10-18/h1,3-8H,2,9-10H2. The topological polar surface area (TPSA) is 42.4 Å². The second kappa shape index (κ2) is 5.63. The zero-order valence-corrected chi connectivity index (χ0v) is 12.3. The number of carbonyl (C=O) groups excluding carboxylic acids is 1. The lowest BCUT2D eigenvalue weighted by atomic mass is 10.1. The van der Waals surface area contributed by atoms with Crippen molar-refractivity contribution in [1.82, 2.24) is 9.88 Å². The Balaban J connectivity index is 1.85. The molecule has 5 heteroatoms. The van der Waals surface area contributed by atoms with Gasteiger partial charge < -0.3 is 9.64 Å². The Morgan fingerprint density at radius 3 is 2.60 bits per heavy atom. The third-order valence-corrected chi connectivity index (χ3v) is 3.70. The number of hydrogen-bond acceptors (Lipinski definition) is 3. The Bertz CT molecular complexity index is 624. The number of carbonyl (C=O) groups is 1. The second-order valence-corrected chi connectivity index (χ2v) is 5.47.